The zero-order valence-electron chi connectivity index (χ0n) is 11.5. The Hall–Kier alpha value is -1.81. The molecule has 0 atom stereocenters. The average molecular weight is 263 g/mol. The molecule has 0 heterocycles. The van der Waals surface area contributed by atoms with E-state index in [9.17, 15) is 4.79 Å². The molecule has 1 N–H and O–H groups in total. The molecule has 0 aliphatic heterocycles. The fraction of sp³-hybridized carbons (Fsp3) is 0.400. The van der Waals surface area contributed by atoms with Crippen molar-refractivity contribution in [3.8, 4) is 5.75 Å². The topological polar surface area (TPSA) is 49.8 Å². The van der Waals surface area contributed by atoms with Gasteiger partial charge in [0.15, 0.2) is 0 Å². The zero-order valence-corrected chi connectivity index (χ0v) is 11.5. The molecule has 0 spiro atoms. The second-order valence-electron chi connectivity index (χ2n) is 4.45. The summed E-state index contributed by atoms with van der Waals surface area (Å²) in [4.78, 5) is 13.7. The Balaban J connectivity index is 2.77. The van der Waals surface area contributed by atoms with Gasteiger partial charge in [-0.05, 0) is 38.1 Å². The molecule has 4 heteroatoms. The lowest BCUT2D eigenvalue weighted by Gasteiger charge is -2.20. The van der Waals surface area contributed by atoms with Crippen molar-refractivity contribution in [1.82, 2.24) is 4.90 Å². The van der Waals surface area contributed by atoms with Gasteiger partial charge in [-0.15, -0.1) is 6.58 Å². The molecule has 0 radical (unpaired) electrons. The van der Waals surface area contributed by atoms with Gasteiger partial charge in [0.25, 0.3) is 5.91 Å². The molecule has 1 aromatic carbocycles. The number of carbonyl (C=O) groups excluding carboxylic acids is 1. The summed E-state index contributed by atoms with van der Waals surface area (Å²) in [5, 5.41) is 8.95. The van der Waals surface area contributed by atoms with Gasteiger partial charge in [-0.3, -0.25) is 4.79 Å². The lowest BCUT2D eigenvalue weighted by atomic mass is 10.2. The Kier molecular flexibility index (Phi) is 6.09. The molecule has 1 rings (SSSR count). The Morgan fingerprint density at radius 2 is 2.05 bits per heavy atom. The third kappa shape index (κ3) is 4.75. The number of hydrogen-bond acceptors (Lipinski definition) is 3. The largest absolute Gasteiger partial charge is 0.491 e. The molecule has 0 aliphatic rings. The lowest BCUT2D eigenvalue weighted by Crippen LogP contribution is -2.33. The maximum Gasteiger partial charge on any atom is 0.254 e. The quantitative estimate of drug-likeness (QED) is 0.766. The Morgan fingerprint density at radius 3 is 2.53 bits per heavy atom. The molecule has 1 amide bonds. The summed E-state index contributed by atoms with van der Waals surface area (Å²) in [6.45, 7) is 8.17. The van der Waals surface area contributed by atoms with Gasteiger partial charge in [-0.1, -0.05) is 6.08 Å². The monoisotopic (exact) mass is 263 g/mol. The third-order valence-corrected chi connectivity index (χ3v) is 2.48. The van der Waals surface area contributed by atoms with Crippen molar-refractivity contribution in [3.05, 3.63) is 42.5 Å². The SMILES string of the molecule is C=CCN(CCO)C(=O)c1ccc(OC(C)C)cc1. The molecule has 0 aliphatic carbocycles. The van der Waals surface area contributed by atoms with Gasteiger partial charge in [0.2, 0.25) is 0 Å². The van der Waals surface area contributed by atoms with Gasteiger partial charge in [0.1, 0.15) is 5.75 Å². The number of rotatable bonds is 7. The van der Waals surface area contributed by atoms with Crippen LogP contribution in [0, 0.1) is 0 Å². The highest BCUT2D eigenvalue weighted by Crippen LogP contribution is 2.15. The summed E-state index contributed by atoms with van der Waals surface area (Å²) < 4.78 is 5.52. The summed E-state index contributed by atoms with van der Waals surface area (Å²) >= 11 is 0. The predicted molar refractivity (Wildman–Crippen MR) is 75.4 cm³/mol. The first kappa shape index (κ1) is 15.2. The van der Waals surface area contributed by atoms with E-state index in [0.717, 1.165) is 5.75 Å². The fourth-order valence-electron chi connectivity index (χ4n) is 1.68. The van der Waals surface area contributed by atoms with Crippen molar-refractivity contribution in [1.29, 1.82) is 0 Å². The van der Waals surface area contributed by atoms with Crippen LogP contribution in [0.5, 0.6) is 5.75 Å². The van der Waals surface area contributed by atoms with E-state index in [1.807, 2.05) is 13.8 Å². The maximum atomic E-state index is 12.2. The molecule has 104 valence electrons. The van der Waals surface area contributed by atoms with Crippen molar-refractivity contribution in [2.24, 2.45) is 0 Å². The van der Waals surface area contributed by atoms with Crippen LogP contribution in [0.15, 0.2) is 36.9 Å². The third-order valence-electron chi connectivity index (χ3n) is 2.48. The smallest absolute Gasteiger partial charge is 0.254 e. The first-order valence-electron chi connectivity index (χ1n) is 6.36. The van der Waals surface area contributed by atoms with Crippen molar-refractivity contribution in [2.75, 3.05) is 19.7 Å². The molecule has 19 heavy (non-hydrogen) atoms. The molecule has 0 fully saturated rings. The fourth-order valence-corrected chi connectivity index (χ4v) is 1.68. The number of amides is 1. The van der Waals surface area contributed by atoms with Crippen LogP contribution in [0.3, 0.4) is 0 Å². The first-order chi connectivity index (χ1) is 9.08. The summed E-state index contributed by atoms with van der Waals surface area (Å²) in [5.41, 5.74) is 0.575. The summed E-state index contributed by atoms with van der Waals surface area (Å²) in [6, 6.07) is 7.01. The van der Waals surface area contributed by atoms with E-state index in [1.165, 1.54) is 0 Å². The number of nitrogens with zero attached hydrogens (tertiary/aromatic N) is 1. The first-order valence-corrected chi connectivity index (χ1v) is 6.36. The molecule has 1 aromatic rings. The number of ether oxygens (including phenoxy) is 1. The van der Waals surface area contributed by atoms with Crippen molar-refractivity contribution < 1.29 is 14.6 Å². The molecule has 0 saturated carbocycles. The predicted octanol–water partition coefficient (Wildman–Crippen LogP) is 2.09. The molecule has 4 nitrogen and oxygen atoms in total. The van der Waals surface area contributed by atoms with E-state index in [4.69, 9.17) is 9.84 Å². The molecule has 0 saturated heterocycles. The van der Waals surface area contributed by atoms with Crippen LogP contribution in [0.4, 0.5) is 0 Å². The maximum absolute atomic E-state index is 12.2. The van der Waals surface area contributed by atoms with E-state index >= 15 is 0 Å². The molecular formula is C15H21NO3. The van der Waals surface area contributed by atoms with Gasteiger partial charge in [0, 0.05) is 18.7 Å². The van der Waals surface area contributed by atoms with Gasteiger partial charge in [0.05, 0.1) is 12.7 Å². The number of hydrogen-bond donors (Lipinski definition) is 1. The second kappa shape index (κ2) is 7.59. The van der Waals surface area contributed by atoms with Crippen LogP contribution in [0.1, 0.15) is 24.2 Å². The minimum atomic E-state index is -0.120. The number of carbonyl (C=O) groups is 1. The number of benzene rings is 1. The summed E-state index contributed by atoms with van der Waals surface area (Å²) in [6.07, 6.45) is 1.75. The van der Waals surface area contributed by atoms with Gasteiger partial charge < -0.3 is 14.7 Å². The average Bonchev–Trinajstić information content (AvgIpc) is 2.38. The molecule has 0 bridgehead atoms. The van der Waals surface area contributed by atoms with Crippen LogP contribution in [-0.2, 0) is 0 Å². The lowest BCUT2D eigenvalue weighted by molar-refractivity contribution is 0.0743. The van der Waals surface area contributed by atoms with Gasteiger partial charge >= 0.3 is 0 Å². The van der Waals surface area contributed by atoms with Gasteiger partial charge in [-0.25, -0.2) is 0 Å². The van der Waals surface area contributed by atoms with Crippen LogP contribution in [0.25, 0.3) is 0 Å². The highest BCUT2D eigenvalue weighted by molar-refractivity contribution is 5.94. The normalized spacial score (nSPS) is 10.3. The zero-order chi connectivity index (χ0) is 14.3. The van der Waals surface area contributed by atoms with Crippen LogP contribution in [0.2, 0.25) is 0 Å². The van der Waals surface area contributed by atoms with E-state index in [0.29, 0.717) is 18.7 Å². The van der Waals surface area contributed by atoms with E-state index in [-0.39, 0.29) is 18.6 Å². The second-order valence-corrected chi connectivity index (χ2v) is 4.45. The Morgan fingerprint density at radius 1 is 1.42 bits per heavy atom. The highest BCUT2D eigenvalue weighted by Gasteiger charge is 2.13. The standard InChI is InChI=1S/C15H21NO3/c1-4-9-16(10-11-17)15(18)13-5-7-14(8-6-13)19-12(2)3/h4-8,12,17H,1,9-11H2,2-3H3. The Bertz CT molecular complexity index is 412. The van der Waals surface area contributed by atoms with Crippen molar-refractivity contribution in [2.45, 2.75) is 20.0 Å². The van der Waals surface area contributed by atoms with Crippen LogP contribution >= 0.6 is 0 Å². The molecular weight excluding hydrogens is 242 g/mol. The number of aliphatic hydroxyl groups is 1. The van der Waals surface area contributed by atoms with E-state index in [1.54, 1.807) is 35.2 Å². The number of aliphatic hydroxyl groups excluding tert-OH is 1. The van der Waals surface area contributed by atoms with E-state index in [2.05, 4.69) is 6.58 Å². The van der Waals surface area contributed by atoms with Crippen LogP contribution in [-0.4, -0.2) is 41.7 Å². The molecule has 0 aromatic heterocycles. The summed E-state index contributed by atoms with van der Waals surface area (Å²) in [5.74, 6) is 0.619. The highest BCUT2D eigenvalue weighted by atomic mass is 16.5. The van der Waals surface area contributed by atoms with Crippen molar-refractivity contribution >= 4 is 5.91 Å². The Labute approximate surface area is 114 Å². The van der Waals surface area contributed by atoms with Gasteiger partial charge in [-0.2, -0.15) is 0 Å². The summed E-state index contributed by atoms with van der Waals surface area (Å²) in [7, 11) is 0. The van der Waals surface area contributed by atoms with E-state index < -0.39 is 0 Å². The minimum absolute atomic E-state index is 0.0614. The van der Waals surface area contributed by atoms with Crippen molar-refractivity contribution in [3.63, 3.8) is 0 Å². The van der Waals surface area contributed by atoms with Crippen LogP contribution < -0.4 is 4.74 Å². The minimum Gasteiger partial charge on any atom is -0.491 e. The molecule has 0 unspecified atom stereocenters.